The van der Waals surface area contributed by atoms with Crippen LogP contribution in [0.5, 0.6) is 5.88 Å². The molecule has 10 nitrogen and oxygen atoms in total. The molecule has 3 aliphatic heterocycles. The molecule has 2 atom stereocenters. The second-order valence-electron chi connectivity index (χ2n) is 12.6. The molecule has 1 amide bonds. The van der Waals surface area contributed by atoms with Gasteiger partial charge in [0, 0.05) is 49.2 Å². The SMILES string of the molecule is C=CC(=O)N1CCN(c2c(C#N)c(OC[C@@H]3CCCN3C)nc3c2CCN(c2c(C4CC4)ccc4[nH]ncc24)C3)[C@@H](C)C1. The van der Waals surface area contributed by atoms with E-state index >= 15 is 0 Å². The third-order valence-electron chi connectivity index (χ3n) is 9.85. The predicted octanol–water partition coefficient (Wildman–Crippen LogP) is 3.97. The van der Waals surface area contributed by atoms with Gasteiger partial charge in [0.15, 0.2) is 0 Å². The second-order valence-corrected chi connectivity index (χ2v) is 12.6. The van der Waals surface area contributed by atoms with Gasteiger partial charge in [-0.25, -0.2) is 4.98 Å². The zero-order valence-corrected chi connectivity index (χ0v) is 25.2. The van der Waals surface area contributed by atoms with E-state index in [1.165, 1.54) is 30.2 Å². The van der Waals surface area contributed by atoms with Gasteiger partial charge in [0.1, 0.15) is 18.2 Å². The van der Waals surface area contributed by atoms with Crippen molar-refractivity contribution in [3.05, 3.63) is 53.4 Å². The molecule has 3 fully saturated rings. The number of H-pyrrole nitrogens is 1. The van der Waals surface area contributed by atoms with Gasteiger partial charge < -0.3 is 24.3 Å². The Morgan fingerprint density at radius 1 is 1.21 bits per heavy atom. The lowest BCUT2D eigenvalue weighted by atomic mass is 9.95. The van der Waals surface area contributed by atoms with Gasteiger partial charge in [-0.05, 0) is 76.2 Å². The molecule has 1 aliphatic carbocycles. The number of likely N-dealkylation sites (tertiary alicyclic amines) is 1. The molecule has 2 saturated heterocycles. The van der Waals surface area contributed by atoms with Crippen LogP contribution in [0.3, 0.4) is 0 Å². The van der Waals surface area contributed by atoms with Crippen LogP contribution in [0.15, 0.2) is 31.0 Å². The van der Waals surface area contributed by atoms with Crippen molar-refractivity contribution < 1.29 is 9.53 Å². The number of rotatable bonds is 7. The van der Waals surface area contributed by atoms with Crippen LogP contribution >= 0.6 is 0 Å². The number of likely N-dealkylation sites (N-methyl/N-ethyl adjacent to an activating group) is 1. The highest BCUT2D eigenvalue weighted by molar-refractivity contribution is 5.94. The summed E-state index contributed by atoms with van der Waals surface area (Å²) in [5, 5.41) is 19.2. The summed E-state index contributed by atoms with van der Waals surface area (Å²) < 4.78 is 6.45. The molecule has 4 aliphatic rings. The number of pyridine rings is 1. The van der Waals surface area contributed by atoms with Gasteiger partial charge in [-0.15, -0.1) is 0 Å². The van der Waals surface area contributed by atoms with Gasteiger partial charge in [0.2, 0.25) is 11.8 Å². The van der Waals surface area contributed by atoms with Crippen LogP contribution in [-0.4, -0.2) is 89.4 Å². The molecular formula is C33H40N8O2. The maximum atomic E-state index is 12.4. The van der Waals surface area contributed by atoms with Crippen molar-refractivity contribution in [1.82, 2.24) is 25.0 Å². The van der Waals surface area contributed by atoms with Gasteiger partial charge in [0.25, 0.3) is 0 Å². The van der Waals surface area contributed by atoms with E-state index in [2.05, 4.69) is 63.6 Å². The zero-order valence-electron chi connectivity index (χ0n) is 25.2. The van der Waals surface area contributed by atoms with Crippen molar-refractivity contribution >= 4 is 28.2 Å². The molecule has 1 saturated carbocycles. The first kappa shape index (κ1) is 27.7. The lowest BCUT2D eigenvalue weighted by Crippen LogP contribution is -2.54. The largest absolute Gasteiger partial charge is 0.475 e. The number of carbonyl (C=O) groups excluding carboxylic acids is 1. The van der Waals surface area contributed by atoms with Crippen LogP contribution in [0, 0.1) is 11.3 Å². The summed E-state index contributed by atoms with van der Waals surface area (Å²) in [6, 6.07) is 7.26. The minimum Gasteiger partial charge on any atom is -0.475 e. The number of nitrogens with one attached hydrogen (secondary N) is 1. The molecule has 0 radical (unpaired) electrons. The van der Waals surface area contributed by atoms with E-state index < -0.39 is 0 Å². The lowest BCUT2D eigenvalue weighted by Gasteiger charge is -2.43. The number of aromatic nitrogens is 3. The topological polar surface area (TPSA) is 105 Å². The van der Waals surface area contributed by atoms with Crippen molar-refractivity contribution in [1.29, 1.82) is 5.26 Å². The van der Waals surface area contributed by atoms with Crippen LogP contribution in [0.1, 0.15) is 60.9 Å². The number of aromatic amines is 1. The predicted molar refractivity (Wildman–Crippen MR) is 167 cm³/mol. The number of piperazine rings is 1. The second kappa shape index (κ2) is 11.2. The minimum absolute atomic E-state index is 0.0317. The first-order valence-electron chi connectivity index (χ1n) is 15.6. The molecule has 2 aromatic heterocycles. The van der Waals surface area contributed by atoms with Crippen molar-refractivity contribution in [2.45, 2.75) is 63.6 Å². The van der Waals surface area contributed by atoms with Gasteiger partial charge in [0.05, 0.1) is 35.3 Å². The summed E-state index contributed by atoms with van der Waals surface area (Å²) in [6.45, 7) is 10.6. The number of anilines is 2. The molecule has 0 bridgehead atoms. The smallest absolute Gasteiger partial charge is 0.246 e. The standard InChI is InChI=1S/C33H40N8O2/c1-4-30(42)39-14-15-41(21(2)18-39)32-25-11-13-40(31-24(22-7-8-22)9-10-28-27(31)17-35-37-28)19-29(25)36-33(26(32)16-34)43-20-23-6-5-12-38(23)3/h4,9-10,17,21-23H,1,5-8,11-15,18-20H2,2-3H3,(H,35,37)/t21-,23-/m0/s1. The number of nitrogens with zero attached hydrogens (tertiary/aromatic N) is 7. The van der Waals surface area contributed by atoms with Crippen LogP contribution < -0.4 is 14.5 Å². The Bertz CT molecular complexity index is 1600. The summed E-state index contributed by atoms with van der Waals surface area (Å²) in [6.07, 6.45) is 8.78. The fourth-order valence-electron chi connectivity index (χ4n) is 7.33. The number of hydrogen-bond donors (Lipinski definition) is 1. The van der Waals surface area contributed by atoms with Crippen molar-refractivity contribution in [3.63, 3.8) is 0 Å². The van der Waals surface area contributed by atoms with E-state index in [1.807, 2.05) is 11.1 Å². The quantitative estimate of drug-likeness (QED) is 0.419. The van der Waals surface area contributed by atoms with E-state index in [9.17, 15) is 10.1 Å². The summed E-state index contributed by atoms with van der Waals surface area (Å²) in [7, 11) is 2.13. The number of carbonyl (C=O) groups is 1. The fraction of sp³-hybridized carbons (Fsp3) is 0.515. The third kappa shape index (κ3) is 4.99. The Balaban J connectivity index is 1.28. The van der Waals surface area contributed by atoms with Crippen molar-refractivity contribution in [3.8, 4) is 11.9 Å². The molecule has 224 valence electrons. The fourth-order valence-corrected chi connectivity index (χ4v) is 7.33. The average Bonchev–Trinajstić information content (AvgIpc) is 3.61. The van der Waals surface area contributed by atoms with Gasteiger partial charge in [-0.2, -0.15) is 10.4 Å². The molecule has 0 spiro atoms. The van der Waals surface area contributed by atoms with Crippen LogP contribution in [0.4, 0.5) is 11.4 Å². The Hall–Kier alpha value is -4.10. The maximum absolute atomic E-state index is 12.4. The Labute approximate surface area is 252 Å². The number of ether oxygens (including phenoxy) is 1. The molecule has 43 heavy (non-hydrogen) atoms. The molecule has 7 rings (SSSR count). The van der Waals surface area contributed by atoms with Crippen molar-refractivity contribution in [2.75, 3.05) is 56.2 Å². The Morgan fingerprint density at radius 3 is 2.79 bits per heavy atom. The first-order valence-corrected chi connectivity index (χ1v) is 15.6. The molecule has 1 aromatic carbocycles. The molecular weight excluding hydrogens is 540 g/mol. The summed E-state index contributed by atoms with van der Waals surface area (Å²) >= 11 is 0. The summed E-state index contributed by atoms with van der Waals surface area (Å²) in [4.78, 5) is 26.5. The minimum atomic E-state index is -0.0519. The number of hydrogen-bond acceptors (Lipinski definition) is 8. The van der Waals surface area contributed by atoms with Crippen molar-refractivity contribution in [2.24, 2.45) is 0 Å². The molecule has 10 heteroatoms. The number of fused-ring (bicyclic) bond motifs is 2. The average molecular weight is 581 g/mol. The van der Waals surface area contributed by atoms with Gasteiger partial charge in [-0.3, -0.25) is 9.89 Å². The molecule has 1 N–H and O–H groups in total. The van der Waals surface area contributed by atoms with E-state index in [0.717, 1.165) is 60.2 Å². The Kier molecular flexibility index (Phi) is 7.21. The highest BCUT2D eigenvalue weighted by Crippen LogP contribution is 2.48. The highest BCUT2D eigenvalue weighted by atomic mass is 16.5. The van der Waals surface area contributed by atoms with E-state index in [-0.39, 0.29) is 11.9 Å². The summed E-state index contributed by atoms with van der Waals surface area (Å²) in [5.41, 5.74) is 7.23. The highest BCUT2D eigenvalue weighted by Gasteiger charge is 2.36. The molecule has 5 heterocycles. The summed E-state index contributed by atoms with van der Waals surface area (Å²) in [5.74, 6) is 0.973. The zero-order chi connectivity index (χ0) is 29.7. The number of amides is 1. The number of nitriles is 1. The Morgan fingerprint density at radius 2 is 2.07 bits per heavy atom. The van der Waals surface area contributed by atoms with Crippen LogP contribution in [0.2, 0.25) is 0 Å². The maximum Gasteiger partial charge on any atom is 0.246 e. The molecule has 3 aromatic rings. The first-order chi connectivity index (χ1) is 21.0. The van der Waals surface area contributed by atoms with Crippen LogP contribution in [0.25, 0.3) is 10.9 Å². The van der Waals surface area contributed by atoms with Gasteiger partial charge in [-0.1, -0.05) is 12.6 Å². The lowest BCUT2D eigenvalue weighted by molar-refractivity contribution is -0.126. The van der Waals surface area contributed by atoms with Crippen LogP contribution in [-0.2, 0) is 17.8 Å². The van der Waals surface area contributed by atoms with E-state index in [4.69, 9.17) is 9.72 Å². The monoisotopic (exact) mass is 580 g/mol. The third-order valence-corrected chi connectivity index (χ3v) is 9.85. The number of benzene rings is 1. The molecule has 0 unspecified atom stereocenters. The van der Waals surface area contributed by atoms with Gasteiger partial charge >= 0.3 is 0 Å². The van der Waals surface area contributed by atoms with E-state index in [0.29, 0.717) is 56.2 Å². The normalized spacial score (nSPS) is 22.5. The van der Waals surface area contributed by atoms with E-state index in [1.54, 1.807) is 0 Å².